The van der Waals surface area contributed by atoms with E-state index in [-0.39, 0.29) is 22.6 Å². The van der Waals surface area contributed by atoms with E-state index in [1.54, 1.807) is 0 Å². The van der Waals surface area contributed by atoms with Gasteiger partial charge >= 0.3 is 15.6 Å². The maximum Gasteiger partial charge on any atom is 0.481 e. The van der Waals surface area contributed by atoms with E-state index in [9.17, 15) is 39.3 Å². The third-order valence-corrected chi connectivity index (χ3v) is 8.52. The zero-order valence-corrected chi connectivity index (χ0v) is 19.7. The van der Waals surface area contributed by atoms with Gasteiger partial charge in [-0.1, -0.05) is 0 Å². The van der Waals surface area contributed by atoms with Gasteiger partial charge < -0.3 is 45.4 Å². The number of anilines is 1. The summed E-state index contributed by atoms with van der Waals surface area (Å²) in [6.45, 7) is -1.77. The third-order valence-electron chi connectivity index (χ3n) is 5.91. The predicted molar refractivity (Wildman–Crippen MR) is 110 cm³/mol. The Kier molecular flexibility index (Phi) is 6.37. The lowest BCUT2D eigenvalue weighted by atomic mass is 10.1. The Balaban J connectivity index is 1.61. The number of imidazole rings is 1. The van der Waals surface area contributed by atoms with Crippen molar-refractivity contribution in [2.75, 3.05) is 18.9 Å². The molecule has 9 N–H and O–H groups in total. The normalized spacial score (nSPS) is 43.7. The van der Waals surface area contributed by atoms with Crippen molar-refractivity contribution in [3.63, 3.8) is 0 Å². The highest BCUT2D eigenvalue weighted by molar-refractivity contribution is 7.61. The van der Waals surface area contributed by atoms with Gasteiger partial charge in [0.2, 0.25) is 5.95 Å². The second-order valence-electron chi connectivity index (χ2n) is 8.22. The van der Waals surface area contributed by atoms with Crippen molar-refractivity contribution in [1.82, 2.24) is 19.1 Å². The molecule has 4 aliphatic rings. The van der Waals surface area contributed by atoms with E-state index in [0.29, 0.717) is 0 Å². The molecule has 0 amide bonds. The van der Waals surface area contributed by atoms with Crippen LogP contribution in [0.5, 0.6) is 0 Å². The van der Waals surface area contributed by atoms with Crippen molar-refractivity contribution in [2.24, 2.45) is 0 Å². The van der Waals surface area contributed by atoms with E-state index >= 15 is 0 Å². The van der Waals surface area contributed by atoms with Gasteiger partial charge in [0.25, 0.3) is 0 Å². The molecule has 0 saturated carbocycles. The minimum Gasteiger partial charge on any atom is -0.387 e. The number of nitrogens with zero attached hydrogens (tertiary/aromatic N) is 4. The van der Waals surface area contributed by atoms with Gasteiger partial charge in [-0.05, 0) is 0 Å². The van der Waals surface area contributed by atoms with Crippen molar-refractivity contribution in [2.45, 2.75) is 49.1 Å². The van der Waals surface area contributed by atoms with Crippen LogP contribution < -0.4 is 11.2 Å². The molecule has 21 heteroatoms. The third kappa shape index (κ3) is 4.31. The first kappa shape index (κ1) is 25.8. The van der Waals surface area contributed by atoms with Gasteiger partial charge in [-0.15, -0.1) is 0 Å². The van der Waals surface area contributed by atoms with Crippen molar-refractivity contribution in [3.05, 3.63) is 11.8 Å². The molecule has 2 unspecified atom stereocenters. The quantitative estimate of drug-likeness (QED) is 0.148. The standard InChI is InChI=1S/C15H22N6O13P2/c16-11-6-12-18-3-20(11)13-9(24)7(22)4(32-13)1-30-35(26,27)34-36(28,29)31-2-5-8(23)10(25)14(33-5)21(12)15(17)19-6/h3-5,7-10,13-14,16,22-25H,1-2H2,(H2,17,19)(H,26,27)(H,28,29)/t4-,5+,7-,8+,9-,10+,13-,14+/m0/s1. The second-order valence-corrected chi connectivity index (χ2v) is 11.3. The number of hydrogen-bond acceptors (Lipinski definition) is 15. The summed E-state index contributed by atoms with van der Waals surface area (Å²) >= 11 is 0. The summed E-state index contributed by atoms with van der Waals surface area (Å²) in [6.07, 6.45) is -11.4. The first-order valence-corrected chi connectivity index (χ1v) is 13.3. The van der Waals surface area contributed by atoms with Crippen molar-refractivity contribution >= 4 is 32.8 Å². The fourth-order valence-electron chi connectivity index (χ4n) is 4.15. The van der Waals surface area contributed by atoms with Gasteiger partial charge in [-0.25, -0.2) is 19.1 Å². The SMILES string of the molecule is N=c1c2nc(N)n3c2ncn1[C@H]1O[C@@H](COP(=O)(O)OP(=O)(O)OC[C@H]2O[C@@H]3[C@H](O)[C@@H]2O)[C@H](O)[C@@H]1O. The molecule has 0 aromatic carbocycles. The van der Waals surface area contributed by atoms with Gasteiger partial charge in [0.05, 0.1) is 13.2 Å². The fraction of sp³-hybridized carbons (Fsp3) is 0.667. The summed E-state index contributed by atoms with van der Waals surface area (Å²) in [6, 6.07) is 0. The molecule has 0 radical (unpaired) electrons. The number of nitrogens with two attached hydrogens (primary N) is 1. The number of aliphatic hydroxyl groups is 4. The van der Waals surface area contributed by atoms with Crippen LogP contribution in [0, 0.1) is 5.41 Å². The summed E-state index contributed by atoms with van der Waals surface area (Å²) < 4.78 is 51.0. The lowest BCUT2D eigenvalue weighted by molar-refractivity contribution is -0.0563. The van der Waals surface area contributed by atoms with E-state index in [0.717, 1.165) is 15.5 Å². The maximum absolute atomic E-state index is 12.2. The Morgan fingerprint density at radius 3 is 2.06 bits per heavy atom. The van der Waals surface area contributed by atoms with E-state index in [4.69, 9.17) is 20.6 Å². The Morgan fingerprint density at radius 2 is 1.47 bits per heavy atom. The Morgan fingerprint density at radius 1 is 0.944 bits per heavy atom. The molecule has 200 valence electrons. The molecule has 19 nitrogen and oxygen atoms in total. The molecule has 6 rings (SSSR count). The molecule has 0 aliphatic carbocycles. The molecule has 10 atom stereocenters. The first-order chi connectivity index (χ1) is 16.8. The van der Waals surface area contributed by atoms with Gasteiger partial charge in [0.15, 0.2) is 29.1 Å². The van der Waals surface area contributed by atoms with Crippen LogP contribution in [-0.4, -0.2) is 99.2 Å². The van der Waals surface area contributed by atoms with E-state index in [1.165, 1.54) is 0 Å². The van der Waals surface area contributed by atoms with Crippen LogP contribution in [0.3, 0.4) is 0 Å². The topological polar surface area (TPSA) is 287 Å². The zero-order chi connectivity index (χ0) is 26.2. The van der Waals surface area contributed by atoms with Crippen LogP contribution in [0.4, 0.5) is 5.95 Å². The van der Waals surface area contributed by atoms with Crippen molar-refractivity contribution in [1.29, 1.82) is 5.41 Å². The Labute approximate surface area is 199 Å². The highest BCUT2D eigenvalue weighted by Crippen LogP contribution is 2.60. The summed E-state index contributed by atoms with van der Waals surface area (Å²) in [5.41, 5.74) is 5.41. The highest BCUT2D eigenvalue weighted by atomic mass is 31.3. The number of nitrogens with one attached hydrogen (secondary N) is 1. The second kappa shape index (κ2) is 8.88. The van der Waals surface area contributed by atoms with Crippen LogP contribution in [0.25, 0.3) is 11.2 Å². The maximum atomic E-state index is 12.2. The number of fused-ring (bicyclic) bond motifs is 7. The smallest absolute Gasteiger partial charge is 0.387 e. The molecule has 4 aliphatic heterocycles. The summed E-state index contributed by atoms with van der Waals surface area (Å²) in [7, 11) is -10.6. The predicted octanol–water partition coefficient (Wildman–Crippen LogP) is -3.20. The van der Waals surface area contributed by atoms with E-state index in [1.807, 2.05) is 0 Å². The van der Waals surface area contributed by atoms with Crippen LogP contribution >= 0.6 is 15.6 Å². The van der Waals surface area contributed by atoms with Gasteiger partial charge in [-0.2, -0.15) is 4.31 Å². The molecule has 8 bridgehead atoms. The highest BCUT2D eigenvalue weighted by Gasteiger charge is 2.49. The average Bonchev–Trinajstić information content (AvgIpc) is 3.37. The summed E-state index contributed by atoms with van der Waals surface area (Å²) in [5, 5.41) is 50.2. The molecular weight excluding hydrogens is 534 g/mol. The first-order valence-electron chi connectivity index (χ1n) is 10.3. The molecule has 2 fully saturated rings. The van der Waals surface area contributed by atoms with Crippen LogP contribution in [-0.2, 0) is 32.0 Å². The average molecular weight is 556 g/mol. The molecular formula is C15H22N6O13P2. The van der Waals surface area contributed by atoms with Crippen LogP contribution in [0.2, 0.25) is 0 Å². The minimum absolute atomic E-state index is 0.0574. The molecule has 6 heterocycles. The number of phosphoric acid groups is 2. The number of aromatic nitrogens is 4. The molecule has 36 heavy (non-hydrogen) atoms. The molecule has 2 saturated heterocycles. The minimum atomic E-state index is -5.28. The van der Waals surface area contributed by atoms with Gasteiger partial charge in [-0.3, -0.25) is 23.6 Å². The largest absolute Gasteiger partial charge is 0.481 e. The van der Waals surface area contributed by atoms with Crippen molar-refractivity contribution in [3.8, 4) is 0 Å². The summed E-state index contributed by atoms with van der Waals surface area (Å²) in [5.74, 6) is -0.281. The summed E-state index contributed by atoms with van der Waals surface area (Å²) in [4.78, 5) is 27.9. The van der Waals surface area contributed by atoms with E-state index in [2.05, 4.69) is 23.3 Å². The number of ether oxygens (including phenoxy) is 2. The Hall–Kier alpha value is -1.83. The van der Waals surface area contributed by atoms with Crippen molar-refractivity contribution < 1.29 is 62.2 Å². The van der Waals surface area contributed by atoms with Gasteiger partial charge in [0.1, 0.15) is 43.0 Å². The number of aliphatic hydroxyl groups excluding tert-OH is 4. The molecule has 2 aromatic rings. The lowest BCUT2D eigenvalue weighted by Crippen LogP contribution is -2.36. The Bertz CT molecular complexity index is 1330. The molecule has 2 aromatic heterocycles. The number of nitrogen functional groups attached to an aromatic ring is 1. The number of rotatable bonds is 0. The number of phosphoric ester groups is 2. The van der Waals surface area contributed by atoms with E-state index < -0.39 is 77.9 Å². The molecule has 0 spiro atoms. The zero-order valence-electron chi connectivity index (χ0n) is 17.9. The monoisotopic (exact) mass is 556 g/mol. The van der Waals surface area contributed by atoms with Crippen LogP contribution in [0.1, 0.15) is 12.5 Å². The number of hydrogen-bond donors (Lipinski definition) is 8. The van der Waals surface area contributed by atoms with Crippen LogP contribution in [0.15, 0.2) is 6.33 Å². The lowest BCUT2D eigenvalue weighted by Gasteiger charge is -2.21. The van der Waals surface area contributed by atoms with Gasteiger partial charge in [0, 0.05) is 0 Å². The fourth-order valence-corrected chi connectivity index (χ4v) is 6.24.